The Balaban J connectivity index is 1.57. The zero-order chi connectivity index (χ0) is 20.6. The Hall–Kier alpha value is -2.70. The monoisotopic (exact) mass is 399 g/mol. The molecule has 0 saturated carbocycles. The lowest BCUT2D eigenvalue weighted by Crippen LogP contribution is -2.49. The van der Waals surface area contributed by atoms with Crippen molar-refractivity contribution in [3.63, 3.8) is 0 Å². The summed E-state index contributed by atoms with van der Waals surface area (Å²) in [6.07, 6.45) is 5.57. The number of aromatic amines is 1. The van der Waals surface area contributed by atoms with Gasteiger partial charge in [-0.05, 0) is 43.7 Å². The molecule has 0 unspecified atom stereocenters. The van der Waals surface area contributed by atoms with Gasteiger partial charge < -0.3 is 25.3 Å². The molecule has 1 saturated heterocycles. The predicted octanol–water partition coefficient (Wildman–Crippen LogP) is 3.06. The largest absolute Gasteiger partial charge is 0.453 e. The molecule has 1 aromatic carbocycles. The number of rotatable bonds is 6. The van der Waals surface area contributed by atoms with E-state index < -0.39 is 0 Å². The first-order chi connectivity index (χ1) is 14.2. The van der Waals surface area contributed by atoms with E-state index in [1.54, 1.807) is 4.90 Å². The van der Waals surface area contributed by atoms with E-state index in [0.717, 1.165) is 44.7 Å². The topological polar surface area (TPSA) is 81.8 Å². The first kappa shape index (κ1) is 21.0. The Labute approximate surface area is 172 Å². The van der Waals surface area contributed by atoms with Gasteiger partial charge in [0.25, 0.3) is 0 Å². The van der Waals surface area contributed by atoms with Crippen molar-refractivity contribution in [2.75, 3.05) is 33.3 Å². The van der Waals surface area contributed by atoms with Crippen LogP contribution in [0.4, 0.5) is 4.79 Å². The summed E-state index contributed by atoms with van der Waals surface area (Å²) in [7, 11) is 1.43. The fourth-order valence-electron chi connectivity index (χ4n) is 3.91. The van der Waals surface area contributed by atoms with E-state index in [9.17, 15) is 4.79 Å². The zero-order valence-electron chi connectivity index (χ0n) is 17.8. The van der Waals surface area contributed by atoms with Gasteiger partial charge in [-0.3, -0.25) is 4.99 Å². The highest BCUT2D eigenvalue weighted by atomic mass is 16.5. The van der Waals surface area contributed by atoms with Crippen molar-refractivity contribution in [3.8, 4) is 0 Å². The minimum Gasteiger partial charge on any atom is -0.453 e. The fourth-order valence-corrected chi connectivity index (χ4v) is 3.91. The quantitative estimate of drug-likeness (QED) is 0.515. The van der Waals surface area contributed by atoms with Crippen molar-refractivity contribution >= 4 is 23.0 Å². The van der Waals surface area contributed by atoms with Crippen LogP contribution in [0.25, 0.3) is 10.9 Å². The highest BCUT2D eigenvalue weighted by Gasteiger charge is 2.23. The first-order valence-corrected chi connectivity index (χ1v) is 10.6. The second-order valence-electron chi connectivity index (χ2n) is 7.39. The van der Waals surface area contributed by atoms with E-state index in [-0.39, 0.29) is 6.09 Å². The van der Waals surface area contributed by atoms with E-state index in [1.165, 1.54) is 29.1 Å². The smallest absolute Gasteiger partial charge is 0.409 e. The van der Waals surface area contributed by atoms with Crippen LogP contribution in [-0.4, -0.2) is 61.3 Å². The van der Waals surface area contributed by atoms with Gasteiger partial charge in [-0.1, -0.05) is 25.1 Å². The molecule has 7 nitrogen and oxygen atoms in total. The van der Waals surface area contributed by atoms with Crippen LogP contribution < -0.4 is 10.6 Å². The average molecular weight is 400 g/mol. The summed E-state index contributed by atoms with van der Waals surface area (Å²) in [6, 6.07) is 6.81. The number of piperidine rings is 1. The van der Waals surface area contributed by atoms with Gasteiger partial charge in [0.15, 0.2) is 5.96 Å². The van der Waals surface area contributed by atoms with Gasteiger partial charge in [0.05, 0.1) is 7.11 Å². The summed E-state index contributed by atoms with van der Waals surface area (Å²) < 4.78 is 4.81. The molecule has 0 radical (unpaired) electrons. The normalized spacial score (nSPS) is 15.6. The molecule has 0 bridgehead atoms. The number of amides is 1. The number of guanidine groups is 1. The van der Waals surface area contributed by atoms with E-state index in [0.29, 0.717) is 19.1 Å². The Kier molecular flexibility index (Phi) is 7.38. The maximum atomic E-state index is 11.6. The van der Waals surface area contributed by atoms with Crippen molar-refractivity contribution < 1.29 is 9.53 Å². The third kappa shape index (κ3) is 5.22. The average Bonchev–Trinajstić information content (AvgIpc) is 3.17. The number of aromatic nitrogens is 1. The van der Waals surface area contributed by atoms with Crippen molar-refractivity contribution in [2.24, 2.45) is 4.99 Å². The second-order valence-corrected chi connectivity index (χ2v) is 7.39. The number of likely N-dealkylation sites (tertiary alicyclic amines) is 1. The summed E-state index contributed by atoms with van der Waals surface area (Å²) in [5.74, 6) is 0.845. The summed E-state index contributed by atoms with van der Waals surface area (Å²) in [4.78, 5) is 21.6. The number of carbonyl (C=O) groups excluding carboxylic acids is 1. The van der Waals surface area contributed by atoms with Crippen molar-refractivity contribution in [1.82, 2.24) is 20.5 Å². The molecule has 0 aliphatic carbocycles. The summed E-state index contributed by atoms with van der Waals surface area (Å²) in [6.45, 7) is 7.21. The van der Waals surface area contributed by atoms with Crippen LogP contribution in [0.5, 0.6) is 0 Å². The Bertz CT molecular complexity index is 837. The summed E-state index contributed by atoms with van der Waals surface area (Å²) >= 11 is 0. The summed E-state index contributed by atoms with van der Waals surface area (Å²) in [5, 5.41) is 8.16. The molecule has 1 aliphatic heterocycles. The van der Waals surface area contributed by atoms with Crippen LogP contribution in [0.2, 0.25) is 0 Å². The number of H-pyrrole nitrogens is 1. The molecule has 7 heteroatoms. The lowest BCUT2D eigenvalue weighted by molar-refractivity contribution is 0.111. The Morgan fingerprint density at radius 1 is 1.28 bits per heavy atom. The van der Waals surface area contributed by atoms with E-state index >= 15 is 0 Å². The molecule has 0 atom stereocenters. The predicted molar refractivity (Wildman–Crippen MR) is 117 cm³/mol. The van der Waals surface area contributed by atoms with Crippen LogP contribution >= 0.6 is 0 Å². The van der Waals surface area contributed by atoms with Crippen molar-refractivity contribution in [1.29, 1.82) is 0 Å². The summed E-state index contributed by atoms with van der Waals surface area (Å²) in [5.41, 5.74) is 3.91. The van der Waals surface area contributed by atoms with Crippen LogP contribution in [0, 0.1) is 0 Å². The number of fused-ring (bicyclic) bond motifs is 1. The van der Waals surface area contributed by atoms with Crippen LogP contribution in [0.15, 0.2) is 29.4 Å². The maximum absolute atomic E-state index is 11.6. The van der Waals surface area contributed by atoms with Crippen LogP contribution in [0.3, 0.4) is 0 Å². The van der Waals surface area contributed by atoms with E-state index in [2.05, 4.69) is 53.9 Å². The molecule has 3 N–H and O–H groups in total. The van der Waals surface area contributed by atoms with E-state index in [4.69, 9.17) is 9.73 Å². The molecule has 29 heavy (non-hydrogen) atoms. The minimum atomic E-state index is -0.242. The number of nitrogens with one attached hydrogen (secondary N) is 3. The first-order valence-electron chi connectivity index (χ1n) is 10.6. The molecule has 1 aliphatic rings. The molecule has 1 aromatic heterocycles. The fraction of sp³-hybridized carbons (Fsp3) is 0.545. The number of benzene rings is 1. The van der Waals surface area contributed by atoms with Gasteiger partial charge in [0.2, 0.25) is 0 Å². The van der Waals surface area contributed by atoms with Crippen LogP contribution in [-0.2, 0) is 17.6 Å². The van der Waals surface area contributed by atoms with E-state index in [1.807, 2.05) is 0 Å². The standard InChI is InChI=1S/C22H33N5O2/c1-4-16-7-6-8-19-17(15-25-20(16)19)9-12-24-21(23-5-2)26-18-10-13-27(14-11-18)22(28)29-3/h6-8,15,18,25H,4-5,9-14H2,1-3H3,(H2,23,24,26). The third-order valence-electron chi connectivity index (χ3n) is 5.53. The number of hydrogen-bond donors (Lipinski definition) is 3. The highest BCUT2D eigenvalue weighted by Crippen LogP contribution is 2.22. The molecular weight excluding hydrogens is 366 g/mol. The number of carbonyl (C=O) groups is 1. The van der Waals surface area contributed by atoms with Crippen molar-refractivity contribution in [3.05, 3.63) is 35.5 Å². The lowest BCUT2D eigenvalue weighted by atomic mass is 10.1. The number of ether oxygens (including phenoxy) is 1. The van der Waals surface area contributed by atoms with Gasteiger partial charge in [-0.2, -0.15) is 0 Å². The third-order valence-corrected chi connectivity index (χ3v) is 5.53. The molecule has 158 valence electrons. The van der Waals surface area contributed by atoms with Crippen LogP contribution in [0.1, 0.15) is 37.8 Å². The zero-order valence-corrected chi connectivity index (χ0v) is 17.8. The number of hydrogen-bond acceptors (Lipinski definition) is 3. The van der Waals surface area contributed by atoms with Gasteiger partial charge >= 0.3 is 6.09 Å². The molecule has 2 heterocycles. The molecular formula is C22H33N5O2. The van der Waals surface area contributed by atoms with Gasteiger partial charge in [-0.25, -0.2) is 4.79 Å². The lowest BCUT2D eigenvalue weighted by Gasteiger charge is -2.32. The van der Waals surface area contributed by atoms with Gasteiger partial charge in [-0.15, -0.1) is 0 Å². The Morgan fingerprint density at radius 3 is 2.76 bits per heavy atom. The highest BCUT2D eigenvalue weighted by molar-refractivity contribution is 5.86. The van der Waals surface area contributed by atoms with Gasteiger partial charge in [0, 0.05) is 49.3 Å². The number of aryl methyl sites for hydroxylation is 1. The van der Waals surface area contributed by atoms with Gasteiger partial charge in [0.1, 0.15) is 0 Å². The maximum Gasteiger partial charge on any atom is 0.409 e. The molecule has 0 spiro atoms. The molecule has 1 amide bonds. The number of para-hydroxylation sites is 1. The number of aliphatic imine (C=N–C) groups is 1. The number of nitrogens with zero attached hydrogens (tertiary/aromatic N) is 2. The SMILES string of the molecule is CCNC(=NCCc1c[nH]c2c(CC)cccc12)NC1CCN(C(=O)OC)CC1. The Morgan fingerprint density at radius 2 is 2.07 bits per heavy atom. The minimum absolute atomic E-state index is 0.242. The molecule has 3 rings (SSSR count). The molecule has 1 fully saturated rings. The molecule has 2 aromatic rings. The second kappa shape index (κ2) is 10.2. The van der Waals surface area contributed by atoms with Crippen molar-refractivity contribution in [2.45, 2.75) is 45.6 Å². The number of methoxy groups -OCH3 is 1.